The van der Waals surface area contributed by atoms with E-state index < -0.39 is 0 Å². The predicted octanol–water partition coefficient (Wildman–Crippen LogP) is -2.17. The van der Waals surface area contributed by atoms with Gasteiger partial charge in [0.25, 0.3) is 0 Å². The van der Waals surface area contributed by atoms with Crippen molar-refractivity contribution in [2.45, 2.75) is 23.7 Å². The van der Waals surface area contributed by atoms with E-state index in [2.05, 4.69) is 11.9 Å². The Kier molecular flexibility index (Phi) is 6.32. The van der Waals surface area contributed by atoms with E-state index >= 15 is 0 Å². The molecule has 8 heavy (non-hydrogen) atoms. The number of halogens is 1. The van der Waals surface area contributed by atoms with Crippen molar-refractivity contribution in [1.29, 1.82) is 0 Å². The Bertz CT molecular complexity index is 47.8. The van der Waals surface area contributed by atoms with Crippen LogP contribution in [0.2, 0.25) is 0 Å². The van der Waals surface area contributed by atoms with Gasteiger partial charge in [-0.05, 0) is 0 Å². The summed E-state index contributed by atoms with van der Waals surface area (Å²) in [6, 6.07) is 0. The van der Waals surface area contributed by atoms with Crippen molar-refractivity contribution in [3.8, 4) is 0 Å². The van der Waals surface area contributed by atoms with Crippen LogP contribution in [0, 0.1) is 0 Å². The standard InChI is InChI=1S/C6H15IN/c1-6(7-2)4-3-5-8/h6H,3-5,8H2,1-2H3/q-1. The Morgan fingerprint density at radius 2 is 2.25 bits per heavy atom. The van der Waals surface area contributed by atoms with Gasteiger partial charge >= 0.3 is 62.1 Å². The molecule has 0 aromatic rings. The zero-order chi connectivity index (χ0) is 6.41. The summed E-state index contributed by atoms with van der Waals surface area (Å²) in [5, 5.41) is 0. The Labute approximate surface area is 62.3 Å². The van der Waals surface area contributed by atoms with Crippen LogP contribution in [-0.2, 0) is 0 Å². The van der Waals surface area contributed by atoms with Crippen LogP contribution >= 0.6 is 0 Å². The van der Waals surface area contributed by atoms with Gasteiger partial charge in [0, 0.05) is 0 Å². The normalized spacial score (nSPS) is 14.4. The molecule has 0 amide bonds. The predicted molar refractivity (Wildman–Crippen MR) is 33.7 cm³/mol. The quantitative estimate of drug-likeness (QED) is 0.430. The SMILES string of the molecule is C[I-]C(C)CCCN. The number of alkyl halides is 2. The third kappa shape index (κ3) is 4.84. The van der Waals surface area contributed by atoms with Crippen molar-refractivity contribution < 1.29 is 21.2 Å². The molecule has 2 N–H and O–H groups in total. The van der Waals surface area contributed by atoms with Crippen LogP contribution in [0.15, 0.2) is 0 Å². The molecule has 0 aliphatic carbocycles. The maximum absolute atomic E-state index is 5.34. The van der Waals surface area contributed by atoms with E-state index in [0.29, 0.717) is 21.2 Å². The summed E-state index contributed by atoms with van der Waals surface area (Å²) < 4.78 is 0.984. The minimum atomic E-state index is 0.477. The molecule has 0 heterocycles. The fourth-order valence-corrected chi connectivity index (χ4v) is 1.57. The van der Waals surface area contributed by atoms with E-state index in [1.54, 1.807) is 0 Å². The molecule has 0 fully saturated rings. The molecule has 52 valence electrons. The van der Waals surface area contributed by atoms with E-state index in [1.807, 2.05) is 0 Å². The van der Waals surface area contributed by atoms with Crippen LogP contribution in [0.5, 0.6) is 0 Å². The first kappa shape index (κ1) is 8.69. The van der Waals surface area contributed by atoms with Crippen molar-refractivity contribution in [2.75, 3.05) is 11.5 Å². The van der Waals surface area contributed by atoms with Gasteiger partial charge in [-0.15, -0.1) is 0 Å². The number of nitrogens with two attached hydrogens (primary N) is 1. The molecule has 0 aliphatic rings. The Hall–Kier alpha value is 0.690. The monoisotopic (exact) mass is 228 g/mol. The van der Waals surface area contributed by atoms with Crippen molar-refractivity contribution in [1.82, 2.24) is 0 Å². The molecule has 0 aliphatic heterocycles. The summed E-state index contributed by atoms with van der Waals surface area (Å²) in [5.41, 5.74) is 5.34. The minimum absolute atomic E-state index is 0.477. The molecule has 1 nitrogen and oxygen atoms in total. The third-order valence-electron chi connectivity index (χ3n) is 1.18. The Balaban J connectivity index is 2.86. The summed E-state index contributed by atoms with van der Waals surface area (Å²) in [5.74, 6) is 0. The van der Waals surface area contributed by atoms with Crippen LogP contribution < -0.4 is 26.9 Å². The maximum atomic E-state index is 5.34. The molecular formula is C6H15IN-. The first-order chi connectivity index (χ1) is 3.81. The van der Waals surface area contributed by atoms with Gasteiger partial charge in [0.1, 0.15) is 0 Å². The molecule has 1 atom stereocenters. The van der Waals surface area contributed by atoms with Gasteiger partial charge in [0.2, 0.25) is 0 Å². The average molecular weight is 228 g/mol. The summed E-state index contributed by atoms with van der Waals surface area (Å²) in [6.07, 6.45) is 2.56. The molecule has 0 radical (unpaired) electrons. The number of hydrogen-bond donors (Lipinski definition) is 1. The van der Waals surface area contributed by atoms with Crippen LogP contribution in [-0.4, -0.2) is 15.4 Å². The molecule has 0 rings (SSSR count). The number of hydrogen-bond acceptors (Lipinski definition) is 1. The molecule has 0 aromatic heterocycles. The second kappa shape index (κ2) is 5.82. The molecule has 2 heteroatoms. The van der Waals surface area contributed by atoms with Gasteiger partial charge in [-0.25, -0.2) is 0 Å². The van der Waals surface area contributed by atoms with E-state index in [1.165, 1.54) is 12.8 Å². The van der Waals surface area contributed by atoms with Crippen molar-refractivity contribution in [3.63, 3.8) is 0 Å². The second-order valence-corrected chi connectivity index (χ2v) is 5.30. The van der Waals surface area contributed by atoms with E-state index in [4.69, 9.17) is 5.73 Å². The average Bonchev–Trinajstić information content (AvgIpc) is 1.83. The Morgan fingerprint density at radius 1 is 1.62 bits per heavy atom. The fraction of sp³-hybridized carbons (Fsp3) is 1.00. The van der Waals surface area contributed by atoms with Crippen molar-refractivity contribution in [3.05, 3.63) is 0 Å². The molecule has 0 aromatic carbocycles. The zero-order valence-electron chi connectivity index (χ0n) is 5.65. The van der Waals surface area contributed by atoms with Crippen molar-refractivity contribution >= 4 is 0 Å². The van der Waals surface area contributed by atoms with Gasteiger partial charge in [-0.1, -0.05) is 0 Å². The molecule has 0 saturated heterocycles. The summed E-state index contributed by atoms with van der Waals surface area (Å²) in [6.45, 7) is 3.19. The Morgan fingerprint density at radius 3 is 2.62 bits per heavy atom. The molecule has 0 saturated carbocycles. The van der Waals surface area contributed by atoms with Gasteiger partial charge in [-0.3, -0.25) is 0 Å². The zero-order valence-corrected chi connectivity index (χ0v) is 7.81. The van der Waals surface area contributed by atoms with E-state index in [-0.39, 0.29) is 0 Å². The third-order valence-corrected chi connectivity index (χ3v) is 3.93. The molecule has 0 bridgehead atoms. The molecular weight excluding hydrogens is 213 g/mol. The fourth-order valence-electron chi connectivity index (χ4n) is 0.508. The van der Waals surface area contributed by atoms with Gasteiger partial charge < -0.3 is 0 Å². The number of rotatable bonds is 4. The molecule has 1 unspecified atom stereocenters. The van der Waals surface area contributed by atoms with Crippen molar-refractivity contribution in [2.24, 2.45) is 5.73 Å². The van der Waals surface area contributed by atoms with Crippen LogP contribution in [0.1, 0.15) is 19.8 Å². The summed E-state index contributed by atoms with van der Waals surface area (Å²) in [4.78, 5) is 2.33. The topological polar surface area (TPSA) is 26.0 Å². The first-order valence-electron chi connectivity index (χ1n) is 2.99. The summed E-state index contributed by atoms with van der Waals surface area (Å²) >= 11 is 0.477. The van der Waals surface area contributed by atoms with Crippen LogP contribution in [0.4, 0.5) is 0 Å². The van der Waals surface area contributed by atoms with Crippen LogP contribution in [0.3, 0.4) is 0 Å². The van der Waals surface area contributed by atoms with E-state index in [9.17, 15) is 0 Å². The second-order valence-electron chi connectivity index (χ2n) is 1.93. The van der Waals surface area contributed by atoms with Gasteiger partial charge in [-0.2, -0.15) is 0 Å². The van der Waals surface area contributed by atoms with Crippen LogP contribution in [0.25, 0.3) is 0 Å². The van der Waals surface area contributed by atoms with Gasteiger partial charge in [0.15, 0.2) is 0 Å². The van der Waals surface area contributed by atoms with Gasteiger partial charge in [0.05, 0.1) is 0 Å². The first-order valence-corrected chi connectivity index (χ1v) is 6.39. The summed E-state index contributed by atoms with van der Waals surface area (Å²) in [7, 11) is 0. The molecule has 0 spiro atoms. The van der Waals surface area contributed by atoms with E-state index in [0.717, 1.165) is 10.5 Å².